The average Bonchev–Trinajstić information content (AvgIpc) is 2.27. The van der Waals surface area contributed by atoms with Gasteiger partial charge in [0, 0.05) is 5.02 Å². The van der Waals surface area contributed by atoms with E-state index >= 15 is 0 Å². The van der Waals surface area contributed by atoms with Crippen molar-refractivity contribution in [3.8, 4) is 0 Å². The van der Waals surface area contributed by atoms with Crippen LogP contribution in [0.4, 0.5) is 0 Å². The van der Waals surface area contributed by atoms with Crippen molar-refractivity contribution >= 4 is 35.0 Å². The van der Waals surface area contributed by atoms with Crippen LogP contribution in [-0.4, -0.2) is 17.2 Å². The number of hydrogen-bond donors (Lipinski definition) is 2. The number of carbonyl (C=O) groups excluding carboxylic acids is 2. The van der Waals surface area contributed by atoms with Gasteiger partial charge in [0.15, 0.2) is 0 Å². The van der Waals surface area contributed by atoms with Crippen molar-refractivity contribution in [1.29, 1.82) is 0 Å². The van der Waals surface area contributed by atoms with Gasteiger partial charge in [-0.05, 0) is 24.6 Å². The third kappa shape index (κ3) is 4.55. The minimum atomic E-state index is -0.681. The van der Waals surface area contributed by atoms with Crippen LogP contribution < -0.4 is 11.1 Å². The maximum atomic E-state index is 11.6. The quantitative estimate of drug-likeness (QED) is 0.814. The van der Waals surface area contributed by atoms with Gasteiger partial charge in [-0.2, -0.15) is 0 Å². The van der Waals surface area contributed by atoms with E-state index in [2.05, 4.69) is 5.32 Å². The summed E-state index contributed by atoms with van der Waals surface area (Å²) in [6.07, 6.45) is -0.00427. The van der Waals surface area contributed by atoms with Gasteiger partial charge in [0.25, 0.3) is 0 Å². The molecule has 0 aliphatic carbocycles. The van der Waals surface area contributed by atoms with Crippen molar-refractivity contribution in [2.45, 2.75) is 24.8 Å². The summed E-state index contributed by atoms with van der Waals surface area (Å²) in [7, 11) is 0. The highest BCUT2D eigenvalue weighted by molar-refractivity contribution is 6.31. The second-order valence-corrected chi connectivity index (χ2v) is 4.99. The van der Waals surface area contributed by atoms with Gasteiger partial charge in [0.1, 0.15) is 5.38 Å². The Morgan fingerprint density at radius 1 is 1.44 bits per heavy atom. The lowest BCUT2D eigenvalue weighted by molar-refractivity contribution is -0.122. The van der Waals surface area contributed by atoms with Gasteiger partial charge in [-0.25, -0.2) is 0 Å². The van der Waals surface area contributed by atoms with Crippen LogP contribution in [0.1, 0.15) is 24.9 Å². The van der Waals surface area contributed by atoms with Crippen LogP contribution in [0.3, 0.4) is 0 Å². The predicted octanol–water partition coefficient (Wildman–Crippen LogP) is 2.00. The summed E-state index contributed by atoms with van der Waals surface area (Å²) in [6.45, 7) is 1.55. The number of primary amides is 1. The topological polar surface area (TPSA) is 72.2 Å². The van der Waals surface area contributed by atoms with E-state index in [4.69, 9.17) is 28.9 Å². The van der Waals surface area contributed by atoms with Crippen LogP contribution in [0.25, 0.3) is 0 Å². The molecular formula is C12H14Cl2N2O2. The summed E-state index contributed by atoms with van der Waals surface area (Å²) in [5.74, 6) is -0.870. The summed E-state index contributed by atoms with van der Waals surface area (Å²) < 4.78 is 0. The first-order valence-corrected chi connectivity index (χ1v) is 6.20. The maximum absolute atomic E-state index is 11.6. The van der Waals surface area contributed by atoms with Crippen molar-refractivity contribution in [3.63, 3.8) is 0 Å². The largest absolute Gasteiger partial charge is 0.370 e. The minimum absolute atomic E-state index is 0.00427. The minimum Gasteiger partial charge on any atom is -0.370 e. The Morgan fingerprint density at radius 2 is 2.11 bits per heavy atom. The molecule has 1 aromatic rings. The van der Waals surface area contributed by atoms with Gasteiger partial charge in [-0.3, -0.25) is 9.59 Å². The molecule has 6 heteroatoms. The lowest BCUT2D eigenvalue weighted by Gasteiger charge is -2.18. The first-order valence-electron chi connectivity index (χ1n) is 5.38. The fourth-order valence-corrected chi connectivity index (χ4v) is 1.73. The number of nitrogens with one attached hydrogen (secondary N) is 1. The maximum Gasteiger partial charge on any atom is 0.238 e. The Bertz CT molecular complexity index is 449. The van der Waals surface area contributed by atoms with E-state index in [-0.39, 0.29) is 12.3 Å². The molecule has 0 aliphatic rings. The van der Waals surface area contributed by atoms with Gasteiger partial charge in [0.05, 0.1) is 12.5 Å². The van der Waals surface area contributed by atoms with E-state index in [1.807, 2.05) is 0 Å². The zero-order valence-corrected chi connectivity index (χ0v) is 11.3. The van der Waals surface area contributed by atoms with E-state index in [1.165, 1.54) is 0 Å². The number of alkyl halides is 1. The molecule has 2 amide bonds. The summed E-state index contributed by atoms with van der Waals surface area (Å²) in [6, 6.07) is 6.36. The first kappa shape index (κ1) is 14.8. The van der Waals surface area contributed by atoms with E-state index in [9.17, 15) is 9.59 Å². The molecule has 4 nitrogen and oxygen atoms in total. The Hall–Kier alpha value is -1.26. The van der Waals surface area contributed by atoms with Crippen molar-refractivity contribution < 1.29 is 9.59 Å². The van der Waals surface area contributed by atoms with E-state index in [0.717, 1.165) is 0 Å². The lowest BCUT2D eigenvalue weighted by atomic mass is 10.0. The zero-order chi connectivity index (χ0) is 13.7. The van der Waals surface area contributed by atoms with Gasteiger partial charge in [0.2, 0.25) is 11.8 Å². The smallest absolute Gasteiger partial charge is 0.238 e. The Morgan fingerprint density at radius 3 is 2.61 bits per heavy atom. The SMILES string of the molecule is CC(Cl)C(=O)N[C@H](CC(N)=O)c1cccc(Cl)c1. The number of rotatable bonds is 5. The molecule has 0 spiro atoms. The van der Waals surface area contributed by atoms with Crippen LogP contribution in [-0.2, 0) is 9.59 Å². The fourth-order valence-electron chi connectivity index (χ4n) is 1.46. The van der Waals surface area contributed by atoms with E-state index in [0.29, 0.717) is 10.6 Å². The number of amides is 2. The Balaban J connectivity index is 2.91. The molecular weight excluding hydrogens is 275 g/mol. The van der Waals surface area contributed by atoms with Crippen molar-refractivity contribution in [2.75, 3.05) is 0 Å². The summed E-state index contributed by atoms with van der Waals surface area (Å²) in [5, 5.41) is 2.50. The second-order valence-electron chi connectivity index (χ2n) is 3.90. The predicted molar refractivity (Wildman–Crippen MR) is 71.5 cm³/mol. The van der Waals surface area contributed by atoms with Crippen LogP contribution in [0.15, 0.2) is 24.3 Å². The molecule has 1 unspecified atom stereocenters. The van der Waals surface area contributed by atoms with E-state index in [1.54, 1.807) is 31.2 Å². The van der Waals surface area contributed by atoms with Crippen molar-refractivity contribution in [1.82, 2.24) is 5.32 Å². The van der Waals surface area contributed by atoms with Gasteiger partial charge in [-0.15, -0.1) is 11.6 Å². The Kier molecular flexibility index (Phi) is 5.44. The molecule has 1 aromatic carbocycles. The molecule has 0 saturated heterocycles. The molecule has 0 heterocycles. The number of carbonyl (C=O) groups is 2. The molecule has 3 N–H and O–H groups in total. The normalized spacial score (nSPS) is 13.7. The zero-order valence-electron chi connectivity index (χ0n) is 9.82. The molecule has 2 atom stereocenters. The first-order chi connectivity index (χ1) is 8.40. The van der Waals surface area contributed by atoms with Gasteiger partial charge < -0.3 is 11.1 Å². The molecule has 0 radical (unpaired) electrons. The number of benzene rings is 1. The lowest BCUT2D eigenvalue weighted by Crippen LogP contribution is -2.35. The molecule has 98 valence electrons. The van der Waals surface area contributed by atoms with Crippen LogP contribution in [0.5, 0.6) is 0 Å². The molecule has 0 aromatic heterocycles. The molecule has 0 aliphatic heterocycles. The van der Waals surface area contributed by atoms with Crippen LogP contribution in [0.2, 0.25) is 5.02 Å². The highest BCUT2D eigenvalue weighted by atomic mass is 35.5. The molecule has 0 fully saturated rings. The third-order valence-electron chi connectivity index (χ3n) is 2.33. The highest BCUT2D eigenvalue weighted by Crippen LogP contribution is 2.20. The second kappa shape index (κ2) is 6.61. The third-order valence-corrected chi connectivity index (χ3v) is 2.77. The summed E-state index contributed by atoms with van der Waals surface area (Å²) in [4.78, 5) is 22.6. The molecule has 1 rings (SSSR count). The number of nitrogens with two attached hydrogens (primary N) is 1. The fraction of sp³-hybridized carbons (Fsp3) is 0.333. The summed E-state index contributed by atoms with van der Waals surface area (Å²) in [5.41, 5.74) is 5.88. The number of hydrogen-bond acceptors (Lipinski definition) is 2. The van der Waals surface area contributed by atoms with Crippen LogP contribution in [0, 0.1) is 0 Å². The average molecular weight is 289 g/mol. The highest BCUT2D eigenvalue weighted by Gasteiger charge is 2.19. The monoisotopic (exact) mass is 288 g/mol. The standard InChI is InChI=1S/C12H14Cl2N2O2/c1-7(13)12(18)16-10(6-11(15)17)8-3-2-4-9(14)5-8/h2-5,7,10H,6H2,1H3,(H2,15,17)(H,16,18)/t7?,10-/m1/s1. The van der Waals surface area contributed by atoms with Crippen molar-refractivity contribution in [2.24, 2.45) is 5.73 Å². The molecule has 18 heavy (non-hydrogen) atoms. The Labute approximate surface area is 115 Å². The summed E-state index contributed by atoms with van der Waals surface area (Å²) >= 11 is 11.5. The van der Waals surface area contributed by atoms with Crippen LogP contribution >= 0.6 is 23.2 Å². The number of halogens is 2. The molecule has 0 bridgehead atoms. The van der Waals surface area contributed by atoms with Gasteiger partial charge >= 0.3 is 0 Å². The van der Waals surface area contributed by atoms with Gasteiger partial charge in [-0.1, -0.05) is 23.7 Å². The molecule has 0 saturated carbocycles. The van der Waals surface area contributed by atoms with Crippen molar-refractivity contribution in [3.05, 3.63) is 34.9 Å². The van der Waals surface area contributed by atoms with E-state index < -0.39 is 17.3 Å².